The van der Waals surface area contributed by atoms with Gasteiger partial charge in [0, 0.05) is 17.6 Å². The van der Waals surface area contributed by atoms with Crippen LogP contribution < -0.4 is 5.32 Å². The van der Waals surface area contributed by atoms with Crippen molar-refractivity contribution in [1.82, 2.24) is 10.2 Å². The van der Waals surface area contributed by atoms with Gasteiger partial charge in [0.05, 0.1) is 6.42 Å². The molecule has 5 heteroatoms. The highest BCUT2D eigenvalue weighted by Gasteiger charge is 2.29. The summed E-state index contributed by atoms with van der Waals surface area (Å²) in [5.74, 6) is -0.224. The molecule has 0 aliphatic heterocycles. The zero-order chi connectivity index (χ0) is 20.7. The third-order valence-electron chi connectivity index (χ3n) is 4.55. The minimum Gasteiger partial charge on any atom is -0.352 e. The highest BCUT2D eigenvalue weighted by Crippen LogP contribution is 2.20. The van der Waals surface area contributed by atoms with Crippen LogP contribution in [0.25, 0.3) is 0 Å². The van der Waals surface area contributed by atoms with Crippen molar-refractivity contribution in [3.63, 3.8) is 0 Å². The number of nitrogens with one attached hydrogen (secondary N) is 1. The van der Waals surface area contributed by atoms with Gasteiger partial charge in [-0.3, -0.25) is 9.59 Å². The lowest BCUT2D eigenvalue weighted by atomic mass is 10.0. The second-order valence-corrected chi connectivity index (χ2v) is 7.77. The van der Waals surface area contributed by atoms with Gasteiger partial charge in [-0.1, -0.05) is 66.6 Å². The average Bonchev–Trinajstić information content (AvgIpc) is 2.62. The topological polar surface area (TPSA) is 49.4 Å². The number of halogens is 1. The second-order valence-electron chi connectivity index (χ2n) is 7.37. The Labute approximate surface area is 172 Å². The zero-order valence-corrected chi connectivity index (χ0v) is 17.8. The maximum atomic E-state index is 13.2. The van der Waals surface area contributed by atoms with E-state index in [4.69, 9.17) is 11.6 Å². The summed E-state index contributed by atoms with van der Waals surface area (Å²) in [6.07, 6.45) is 0.778. The molecule has 0 aromatic heterocycles. The van der Waals surface area contributed by atoms with Crippen molar-refractivity contribution in [2.45, 2.75) is 59.2 Å². The van der Waals surface area contributed by atoms with Crippen LogP contribution in [0.4, 0.5) is 0 Å². The van der Waals surface area contributed by atoms with Crippen LogP contribution in [0.3, 0.4) is 0 Å². The molecule has 4 nitrogen and oxygen atoms in total. The van der Waals surface area contributed by atoms with Crippen molar-refractivity contribution in [3.8, 4) is 0 Å². The number of hydrogen-bond donors (Lipinski definition) is 1. The number of amides is 2. The minimum atomic E-state index is -0.545. The predicted molar refractivity (Wildman–Crippen MR) is 114 cm³/mol. The second kappa shape index (κ2) is 10.3. The van der Waals surface area contributed by atoms with E-state index < -0.39 is 6.04 Å². The summed E-state index contributed by atoms with van der Waals surface area (Å²) in [6.45, 7) is 8.05. The summed E-state index contributed by atoms with van der Waals surface area (Å²) in [5, 5.41) is 3.53. The zero-order valence-electron chi connectivity index (χ0n) is 17.0. The van der Waals surface area contributed by atoms with Crippen LogP contribution in [0.2, 0.25) is 5.02 Å². The first-order valence-corrected chi connectivity index (χ1v) is 10.1. The van der Waals surface area contributed by atoms with E-state index in [-0.39, 0.29) is 24.3 Å². The molecule has 0 heterocycles. The fraction of sp³-hybridized carbons (Fsp3) is 0.391. The number of nitrogens with zero attached hydrogens (tertiary/aromatic N) is 1. The predicted octanol–water partition coefficient (Wildman–Crippen LogP) is 4.52. The number of benzene rings is 2. The van der Waals surface area contributed by atoms with Crippen LogP contribution in [0.15, 0.2) is 48.5 Å². The first-order valence-electron chi connectivity index (χ1n) is 9.70. The Balaban J connectivity index is 2.32. The Bertz CT molecular complexity index is 820. The van der Waals surface area contributed by atoms with Crippen molar-refractivity contribution in [2.75, 3.05) is 0 Å². The Morgan fingerprint density at radius 2 is 1.82 bits per heavy atom. The molecule has 1 N–H and O–H groups in total. The molecule has 0 radical (unpaired) electrons. The lowest BCUT2D eigenvalue weighted by Gasteiger charge is -2.31. The molecule has 1 unspecified atom stereocenters. The monoisotopic (exact) mass is 400 g/mol. The molecule has 2 rings (SSSR count). The van der Waals surface area contributed by atoms with Crippen LogP contribution >= 0.6 is 11.6 Å². The number of carbonyl (C=O) groups excluding carboxylic acids is 2. The number of aryl methyl sites for hydroxylation is 1. The van der Waals surface area contributed by atoms with Gasteiger partial charge in [-0.25, -0.2) is 0 Å². The highest BCUT2D eigenvalue weighted by molar-refractivity contribution is 6.31. The third-order valence-corrected chi connectivity index (χ3v) is 4.92. The quantitative estimate of drug-likeness (QED) is 0.708. The van der Waals surface area contributed by atoms with Gasteiger partial charge in [0.25, 0.3) is 0 Å². The van der Waals surface area contributed by atoms with Gasteiger partial charge in [0.15, 0.2) is 0 Å². The van der Waals surface area contributed by atoms with E-state index >= 15 is 0 Å². The molecule has 0 fully saturated rings. The van der Waals surface area contributed by atoms with Gasteiger partial charge in [-0.05, 0) is 44.4 Å². The van der Waals surface area contributed by atoms with Crippen LogP contribution in [-0.2, 0) is 22.6 Å². The molecule has 0 saturated heterocycles. The van der Waals surface area contributed by atoms with Crippen molar-refractivity contribution in [3.05, 3.63) is 70.2 Å². The van der Waals surface area contributed by atoms with E-state index in [2.05, 4.69) is 5.32 Å². The number of carbonyl (C=O) groups is 2. The van der Waals surface area contributed by atoms with Gasteiger partial charge < -0.3 is 10.2 Å². The highest BCUT2D eigenvalue weighted by atomic mass is 35.5. The number of rotatable bonds is 8. The molecule has 2 amide bonds. The van der Waals surface area contributed by atoms with Crippen LogP contribution in [0, 0.1) is 6.92 Å². The smallest absolute Gasteiger partial charge is 0.243 e. The molecular weight excluding hydrogens is 372 g/mol. The van der Waals surface area contributed by atoms with Gasteiger partial charge in [-0.15, -0.1) is 0 Å². The SMILES string of the molecule is CCC(C(=O)NC(C)C)N(Cc1ccccc1Cl)C(=O)Cc1cccc(C)c1. The molecule has 0 spiro atoms. The largest absolute Gasteiger partial charge is 0.352 e. The summed E-state index contributed by atoms with van der Waals surface area (Å²) < 4.78 is 0. The lowest BCUT2D eigenvalue weighted by molar-refractivity contribution is -0.141. The molecule has 0 aliphatic carbocycles. The van der Waals surface area contributed by atoms with Crippen molar-refractivity contribution < 1.29 is 9.59 Å². The maximum absolute atomic E-state index is 13.2. The van der Waals surface area contributed by atoms with Crippen LogP contribution in [0.1, 0.15) is 43.9 Å². The van der Waals surface area contributed by atoms with E-state index in [1.807, 2.05) is 70.2 Å². The third kappa shape index (κ3) is 6.10. The van der Waals surface area contributed by atoms with Gasteiger partial charge in [0.2, 0.25) is 11.8 Å². The van der Waals surface area contributed by atoms with Crippen molar-refractivity contribution >= 4 is 23.4 Å². The molecule has 28 heavy (non-hydrogen) atoms. The summed E-state index contributed by atoms with van der Waals surface area (Å²) in [7, 11) is 0. The summed E-state index contributed by atoms with van der Waals surface area (Å²) in [4.78, 5) is 27.7. The van der Waals surface area contributed by atoms with E-state index in [0.29, 0.717) is 18.0 Å². The fourth-order valence-electron chi connectivity index (χ4n) is 3.21. The Morgan fingerprint density at radius 1 is 1.11 bits per heavy atom. The van der Waals surface area contributed by atoms with Crippen LogP contribution in [0.5, 0.6) is 0 Å². The maximum Gasteiger partial charge on any atom is 0.243 e. The molecule has 0 aliphatic rings. The average molecular weight is 401 g/mol. The molecule has 0 bridgehead atoms. The molecular formula is C23H29ClN2O2. The van der Waals surface area contributed by atoms with Crippen molar-refractivity contribution in [2.24, 2.45) is 0 Å². The lowest BCUT2D eigenvalue weighted by Crippen LogP contribution is -2.50. The van der Waals surface area contributed by atoms with Gasteiger partial charge in [-0.2, -0.15) is 0 Å². The summed E-state index contributed by atoms with van der Waals surface area (Å²) >= 11 is 6.33. The molecule has 2 aromatic carbocycles. The Hall–Kier alpha value is -2.33. The Kier molecular flexibility index (Phi) is 8.06. The number of hydrogen-bond acceptors (Lipinski definition) is 2. The molecule has 2 aromatic rings. The molecule has 0 saturated carbocycles. The van der Waals surface area contributed by atoms with Gasteiger partial charge in [0.1, 0.15) is 6.04 Å². The minimum absolute atomic E-state index is 0.00980. The van der Waals surface area contributed by atoms with E-state index in [1.54, 1.807) is 11.0 Å². The van der Waals surface area contributed by atoms with E-state index in [1.165, 1.54) is 0 Å². The standard InChI is InChI=1S/C23H29ClN2O2/c1-5-21(23(28)25-16(2)3)26(15-19-11-6-7-12-20(19)24)22(27)14-18-10-8-9-17(4)13-18/h6-13,16,21H,5,14-15H2,1-4H3,(H,25,28). The summed E-state index contributed by atoms with van der Waals surface area (Å²) in [6, 6.07) is 14.8. The first kappa shape index (κ1) is 22.0. The van der Waals surface area contributed by atoms with Gasteiger partial charge >= 0.3 is 0 Å². The van der Waals surface area contributed by atoms with E-state index in [0.717, 1.165) is 16.7 Å². The first-order chi connectivity index (χ1) is 13.3. The summed E-state index contributed by atoms with van der Waals surface area (Å²) in [5.41, 5.74) is 2.87. The fourth-order valence-corrected chi connectivity index (χ4v) is 3.40. The molecule has 1 atom stereocenters. The van der Waals surface area contributed by atoms with Crippen LogP contribution in [-0.4, -0.2) is 28.8 Å². The van der Waals surface area contributed by atoms with E-state index in [9.17, 15) is 9.59 Å². The Morgan fingerprint density at radius 3 is 2.43 bits per heavy atom. The van der Waals surface area contributed by atoms with Crippen molar-refractivity contribution in [1.29, 1.82) is 0 Å². The molecule has 150 valence electrons. The normalized spacial score (nSPS) is 11.9.